The van der Waals surface area contributed by atoms with Crippen LogP contribution in [0.3, 0.4) is 0 Å². The van der Waals surface area contributed by atoms with Crippen molar-refractivity contribution in [1.82, 2.24) is 9.88 Å². The standard InChI is InChI=1S/C24H28FN3O/c1-4-10-28-11-7-18(8-12-28)21-15-22-20(13-19(21)6-5-9-25)14-23(27-22)24(29)17(2)16-26-3/h13-16,18,27H,2,5-9,11-12H2,1,3H3/b26-16-. The first-order chi connectivity index (χ1) is 14.1. The summed E-state index contributed by atoms with van der Waals surface area (Å²) in [5, 5.41) is 0.974. The maximum absolute atomic E-state index is 12.9. The Morgan fingerprint density at radius 3 is 2.79 bits per heavy atom. The van der Waals surface area contributed by atoms with Gasteiger partial charge >= 0.3 is 0 Å². The highest BCUT2D eigenvalue weighted by Crippen LogP contribution is 2.34. The maximum Gasteiger partial charge on any atom is 0.210 e. The number of H-pyrrole nitrogens is 1. The number of ketones is 1. The second-order valence-corrected chi connectivity index (χ2v) is 7.48. The predicted octanol–water partition coefficient (Wildman–Crippen LogP) is 4.67. The van der Waals surface area contributed by atoms with E-state index in [9.17, 15) is 9.18 Å². The number of carbonyl (C=O) groups is 1. The van der Waals surface area contributed by atoms with Gasteiger partial charge in [0.15, 0.2) is 0 Å². The third-order valence-corrected chi connectivity index (χ3v) is 5.49. The summed E-state index contributed by atoms with van der Waals surface area (Å²) in [7, 11) is 1.62. The first kappa shape index (κ1) is 20.9. The molecule has 0 radical (unpaired) electrons. The number of halogens is 1. The molecule has 1 aromatic heterocycles. The smallest absolute Gasteiger partial charge is 0.210 e. The number of aryl methyl sites for hydroxylation is 1. The molecule has 1 saturated heterocycles. The van der Waals surface area contributed by atoms with Crippen molar-refractivity contribution < 1.29 is 9.18 Å². The molecule has 0 aliphatic carbocycles. The number of aromatic nitrogens is 1. The van der Waals surface area contributed by atoms with Gasteiger partial charge in [0, 0.05) is 48.9 Å². The number of allylic oxidation sites excluding steroid dienone is 1. The minimum Gasteiger partial charge on any atom is -0.352 e. The van der Waals surface area contributed by atoms with Crippen LogP contribution < -0.4 is 0 Å². The Labute approximate surface area is 171 Å². The van der Waals surface area contributed by atoms with E-state index in [2.05, 4.69) is 45.6 Å². The van der Waals surface area contributed by atoms with Gasteiger partial charge in [-0.1, -0.05) is 12.5 Å². The van der Waals surface area contributed by atoms with Crippen LogP contribution >= 0.6 is 0 Å². The fraction of sp³-hybridized carbons (Fsp3) is 0.417. The number of carbonyl (C=O) groups excluding carboxylic acids is 1. The van der Waals surface area contributed by atoms with Gasteiger partial charge in [0.1, 0.15) is 0 Å². The zero-order valence-corrected chi connectivity index (χ0v) is 17.2. The molecule has 2 heterocycles. The molecule has 2 aromatic rings. The molecule has 3 rings (SSSR count). The third-order valence-electron chi connectivity index (χ3n) is 5.49. The third kappa shape index (κ3) is 4.76. The highest BCUT2D eigenvalue weighted by atomic mass is 19.1. The van der Waals surface area contributed by atoms with Gasteiger partial charge in [-0.3, -0.25) is 14.2 Å². The minimum atomic E-state index is -0.324. The number of fused-ring (bicyclic) bond motifs is 1. The van der Waals surface area contributed by atoms with Crippen LogP contribution in [0.15, 0.2) is 35.3 Å². The summed E-state index contributed by atoms with van der Waals surface area (Å²) in [6, 6.07) is 9.27. The summed E-state index contributed by atoms with van der Waals surface area (Å²) >= 11 is 0. The molecule has 0 amide bonds. The monoisotopic (exact) mass is 393 g/mol. The van der Waals surface area contributed by atoms with Crippen LogP contribution in [-0.2, 0) is 6.42 Å². The number of nitrogens with zero attached hydrogens (tertiary/aromatic N) is 2. The second-order valence-electron chi connectivity index (χ2n) is 7.48. The number of hydrogen-bond donors (Lipinski definition) is 1. The first-order valence-corrected chi connectivity index (χ1v) is 10.1. The molecule has 0 atom stereocenters. The van der Waals surface area contributed by atoms with Crippen LogP contribution in [0.2, 0.25) is 0 Å². The van der Waals surface area contributed by atoms with Gasteiger partial charge in [-0.15, -0.1) is 0 Å². The molecule has 0 unspecified atom stereocenters. The summed E-state index contributed by atoms with van der Waals surface area (Å²) in [6.07, 6.45) is 4.75. The molecule has 1 fully saturated rings. The highest BCUT2D eigenvalue weighted by Gasteiger charge is 2.23. The topological polar surface area (TPSA) is 48.5 Å². The van der Waals surface area contributed by atoms with E-state index in [1.165, 1.54) is 17.3 Å². The van der Waals surface area contributed by atoms with E-state index in [4.69, 9.17) is 0 Å². The Morgan fingerprint density at radius 1 is 1.38 bits per heavy atom. The number of rotatable bonds is 7. The second kappa shape index (κ2) is 9.56. The number of benzene rings is 1. The Hall–Kier alpha value is -2.87. The van der Waals surface area contributed by atoms with E-state index in [-0.39, 0.29) is 12.5 Å². The molecule has 1 aliphatic heterocycles. The molecular formula is C24H28FN3O. The lowest BCUT2D eigenvalue weighted by molar-refractivity contribution is 0.103. The van der Waals surface area contributed by atoms with Gasteiger partial charge in [-0.2, -0.15) is 0 Å². The minimum absolute atomic E-state index is 0.162. The predicted molar refractivity (Wildman–Crippen MR) is 117 cm³/mol. The lowest BCUT2D eigenvalue weighted by Crippen LogP contribution is -2.29. The molecule has 0 spiro atoms. The van der Waals surface area contributed by atoms with Crippen molar-refractivity contribution in [1.29, 1.82) is 0 Å². The lowest BCUT2D eigenvalue weighted by Gasteiger charge is -2.31. The number of aromatic amines is 1. The molecule has 152 valence electrons. The number of aliphatic imine (C=N–C) groups is 1. The normalized spacial score (nSPS) is 14.9. The van der Waals surface area contributed by atoms with E-state index >= 15 is 0 Å². The molecule has 0 saturated carbocycles. The van der Waals surface area contributed by atoms with Crippen LogP contribution in [0.4, 0.5) is 4.39 Å². The average Bonchev–Trinajstić information content (AvgIpc) is 3.15. The van der Waals surface area contributed by atoms with Gasteiger partial charge in [0.05, 0.1) is 12.4 Å². The van der Waals surface area contributed by atoms with Crippen molar-refractivity contribution in [2.24, 2.45) is 4.99 Å². The lowest BCUT2D eigenvalue weighted by atomic mass is 9.85. The molecule has 4 nitrogen and oxygen atoms in total. The average molecular weight is 394 g/mol. The van der Waals surface area contributed by atoms with Crippen LogP contribution in [0.25, 0.3) is 10.9 Å². The van der Waals surface area contributed by atoms with E-state index in [0.717, 1.165) is 36.8 Å². The van der Waals surface area contributed by atoms with Crippen molar-refractivity contribution in [3.8, 4) is 12.0 Å². The van der Waals surface area contributed by atoms with E-state index in [1.54, 1.807) is 7.05 Å². The van der Waals surface area contributed by atoms with Crippen molar-refractivity contribution in [2.45, 2.75) is 38.5 Å². The summed E-state index contributed by atoms with van der Waals surface area (Å²) in [6.45, 7) is 7.21. The van der Waals surface area contributed by atoms with Crippen LogP contribution in [0.5, 0.6) is 0 Å². The van der Waals surface area contributed by atoms with Crippen molar-refractivity contribution in [2.75, 3.05) is 26.8 Å². The Bertz CT molecular complexity index is 985. The van der Waals surface area contributed by atoms with E-state index in [1.807, 2.05) is 13.0 Å². The summed E-state index contributed by atoms with van der Waals surface area (Å²) in [4.78, 5) is 21.8. The number of alkyl halides is 1. The molecule has 0 bridgehead atoms. The molecule has 1 N–H and O–H groups in total. The molecule has 1 aliphatic rings. The first-order valence-electron chi connectivity index (χ1n) is 10.1. The number of piperidine rings is 1. The molecule has 1 aromatic carbocycles. The van der Waals surface area contributed by atoms with Crippen LogP contribution in [-0.4, -0.2) is 48.7 Å². The number of Topliss-reactive ketones (excluding diaryl/α,β-unsaturated/α-hetero) is 1. The fourth-order valence-electron chi connectivity index (χ4n) is 4.07. The zero-order valence-electron chi connectivity index (χ0n) is 17.2. The van der Waals surface area contributed by atoms with Crippen molar-refractivity contribution >= 4 is 22.9 Å². The van der Waals surface area contributed by atoms with Crippen molar-refractivity contribution in [3.05, 3.63) is 47.2 Å². The fourth-order valence-corrected chi connectivity index (χ4v) is 4.07. The van der Waals surface area contributed by atoms with Crippen molar-refractivity contribution in [3.63, 3.8) is 0 Å². The van der Waals surface area contributed by atoms with Gasteiger partial charge < -0.3 is 9.88 Å². The number of likely N-dealkylation sites (tertiary alicyclic amines) is 1. The Balaban J connectivity index is 1.94. The maximum atomic E-state index is 12.9. The Kier molecular flexibility index (Phi) is 6.87. The largest absolute Gasteiger partial charge is 0.352 e. The Morgan fingerprint density at radius 2 is 2.14 bits per heavy atom. The highest BCUT2D eigenvalue weighted by molar-refractivity contribution is 6.21. The van der Waals surface area contributed by atoms with Gasteiger partial charge in [0.2, 0.25) is 5.78 Å². The van der Waals surface area contributed by atoms with Gasteiger partial charge in [-0.25, -0.2) is 0 Å². The summed E-state index contributed by atoms with van der Waals surface area (Å²) in [5.41, 5.74) is 4.24. The summed E-state index contributed by atoms with van der Waals surface area (Å²) in [5.74, 6) is 3.23. The van der Waals surface area contributed by atoms with Crippen LogP contribution in [0, 0.1) is 12.0 Å². The van der Waals surface area contributed by atoms with Crippen LogP contribution in [0.1, 0.15) is 53.7 Å². The number of hydrogen-bond acceptors (Lipinski definition) is 3. The van der Waals surface area contributed by atoms with Gasteiger partial charge in [-0.05, 0) is 67.9 Å². The van der Waals surface area contributed by atoms with E-state index in [0.29, 0.717) is 30.0 Å². The van der Waals surface area contributed by atoms with Gasteiger partial charge in [0.25, 0.3) is 0 Å². The molecule has 5 heteroatoms. The molecular weight excluding hydrogens is 365 g/mol. The number of nitrogens with one attached hydrogen (secondary N) is 1. The molecule has 29 heavy (non-hydrogen) atoms. The zero-order chi connectivity index (χ0) is 20.8. The summed E-state index contributed by atoms with van der Waals surface area (Å²) < 4.78 is 12.9. The quantitative estimate of drug-likeness (QED) is 0.322. The SMILES string of the molecule is C=C(/C=N\C)C(=O)c1cc2cc(CCCF)c(C3CCN(C#CC)CC3)cc2[nH]1. The van der Waals surface area contributed by atoms with E-state index < -0.39 is 0 Å².